The Hall–Kier alpha value is -3.85. The van der Waals surface area contributed by atoms with Crippen LogP contribution in [0.1, 0.15) is 40.6 Å². The fourth-order valence-corrected chi connectivity index (χ4v) is 6.63. The average Bonchev–Trinajstić information content (AvgIpc) is 3.67. The average molecular weight is 598 g/mol. The van der Waals surface area contributed by atoms with Crippen molar-refractivity contribution in [3.63, 3.8) is 0 Å². The van der Waals surface area contributed by atoms with Crippen molar-refractivity contribution in [1.29, 1.82) is 0 Å². The number of rotatable bonds is 9. The fraction of sp³-hybridized carbons (Fsp3) is 0.296. The van der Waals surface area contributed by atoms with Crippen LogP contribution in [0, 0.1) is 5.95 Å². The highest BCUT2D eigenvalue weighted by Gasteiger charge is 2.35. The number of amides is 1. The number of hydrogen-bond acceptors (Lipinski definition) is 8. The Morgan fingerprint density at radius 2 is 2.00 bits per heavy atom. The van der Waals surface area contributed by atoms with Crippen molar-refractivity contribution in [1.82, 2.24) is 18.8 Å². The smallest absolute Gasteiger partial charge is 0.277 e. The van der Waals surface area contributed by atoms with Crippen LogP contribution < -0.4 is 20.1 Å². The molecule has 5 heterocycles. The third kappa shape index (κ3) is 6.10. The van der Waals surface area contributed by atoms with Gasteiger partial charge >= 0.3 is 0 Å². The van der Waals surface area contributed by atoms with Crippen LogP contribution in [-0.4, -0.2) is 58.9 Å². The summed E-state index contributed by atoms with van der Waals surface area (Å²) in [7, 11) is -3.67. The van der Waals surface area contributed by atoms with E-state index in [9.17, 15) is 17.6 Å². The van der Waals surface area contributed by atoms with Crippen molar-refractivity contribution in [2.75, 3.05) is 29.9 Å². The highest BCUT2D eigenvalue weighted by molar-refractivity contribution is 7.86. The molecule has 3 aromatic heterocycles. The molecule has 2 saturated heterocycles. The standard InChI is InChI=1S/C27H28FN7O4S2/c28-25-13-18(9-10-30-25)14-33-11-1-4-24(33)26(36)32-27-31-22(17-40-27)23-3-2-12-35(23)19-5-7-20(8-6-19)39-21-15-34(16-21)41(29,37)38/h1,4-11,13,17,21,23H,2-3,12,14-16H2,(H2,29,37,38)(H,31,32,36)/t23-/m1/s1. The zero-order valence-electron chi connectivity index (χ0n) is 21.9. The number of anilines is 2. The van der Waals surface area contributed by atoms with Gasteiger partial charge in [0, 0.05) is 36.6 Å². The normalized spacial score (nSPS) is 17.9. The van der Waals surface area contributed by atoms with E-state index in [-0.39, 0.29) is 31.1 Å². The van der Waals surface area contributed by atoms with Crippen LogP contribution in [0.5, 0.6) is 5.75 Å². The molecule has 0 radical (unpaired) electrons. The number of ether oxygens (including phenoxy) is 1. The second kappa shape index (κ2) is 11.2. The van der Waals surface area contributed by atoms with E-state index in [2.05, 4.69) is 15.2 Å². The van der Waals surface area contributed by atoms with E-state index in [4.69, 9.17) is 14.9 Å². The molecule has 0 spiro atoms. The lowest BCUT2D eigenvalue weighted by Gasteiger charge is -2.36. The molecule has 0 unspecified atom stereocenters. The number of benzene rings is 1. The number of nitrogens with zero attached hydrogens (tertiary/aromatic N) is 5. The molecule has 1 aromatic carbocycles. The molecule has 1 atom stereocenters. The van der Waals surface area contributed by atoms with Crippen LogP contribution in [0.3, 0.4) is 0 Å². The molecule has 4 aromatic rings. The van der Waals surface area contributed by atoms with Crippen molar-refractivity contribution >= 4 is 38.3 Å². The van der Waals surface area contributed by atoms with E-state index in [0.29, 0.717) is 28.7 Å². The van der Waals surface area contributed by atoms with Gasteiger partial charge in [-0.2, -0.15) is 17.1 Å². The maximum absolute atomic E-state index is 13.5. The van der Waals surface area contributed by atoms with Crippen molar-refractivity contribution < 1.29 is 22.3 Å². The summed E-state index contributed by atoms with van der Waals surface area (Å²) in [6, 6.07) is 14.4. The highest BCUT2D eigenvalue weighted by atomic mass is 32.2. The lowest BCUT2D eigenvalue weighted by molar-refractivity contribution is 0.0762. The Labute approximate surface area is 240 Å². The van der Waals surface area contributed by atoms with Crippen LogP contribution in [-0.2, 0) is 16.8 Å². The first-order valence-electron chi connectivity index (χ1n) is 13.1. The number of pyridine rings is 1. The van der Waals surface area contributed by atoms with Gasteiger partial charge in [-0.15, -0.1) is 11.3 Å². The predicted molar refractivity (Wildman–Crippen MR) is 153 cm³/mol. The Morgan fingerprint density at radius 1 is 1.20 bits per heavy atom. The first kappa shape index (κ1) is 27.3. The summed E-state index contributed by atoms with van der Waals surface area (Å²) in [6.45, 7) is 1.70. The van der Waals surface area contributed by atoms with E-state index in [1.54, 1.807) is 29.0 Å². The lowest BCUT2D eigenvalue weighted by Crippen LogP contribution is -2.57. The minimum Gasteiger partial charge on any atom is -0.488 e. The van der Waals surface area contributed by atoms with Gasteiger partial charge in [-0.25, -0.2) is 15.1 Å². The summed E-state index contributed by atoms with van der Waals surface area (Å²) in [5, 5.41) is 10.5. The van der Waals surface area contributed by atoms with Crippen LogP contribution in [0.15, 0.2) is 66.3 Å². The molecule has 11 nitrogen and oxygen atoms in total. The predicted octanol–water partition coefficient (Wildman–Crippen LogP) is 3.39. The zero-order valence-corrected chi connectivity index (χ0v) is 23.5. The number of thiazole rings is 1. The summed E-state index contributed by atoms with van der Waals surface area (Å²) < 4.78 is 45.0. The first-order valence-corrected chi connectivity index (χ1v) is 15.4. The van der Waals surface area contributed by atoms with E-state index in [0.717, 1.165) is 30.8 Å². The monoisotopic (exact) mass is 597 g/mol. The second-order valence-electron chi connectivity index (χ2n) is 9.99. The van der Waals surface area contributed by atoms with Gasteiger partial charge in [0.15, 0.2) is 5.13 Å². The number of hydrogen-bond donors (Lipinski definition) is 2. The van der Waals surface area contributed by atoms with Crippen molar-refractivity contribution in [2.24, 2.45) is 5.14 Å². The van der Waals surface area contributed by atoms with E-state index < -0.39 is 16.2 Å². The first-order chi connectivity index (χ1) is 19.7. The molecule has 3 N–H and O–H groups in total. The molecule has 2 aliphatic rings. The van der Waals surface area contributed by atoms with Crippen molar-refractivity contribution in [3.05, 3.63) is 89.2 Å². The molecule has 2 aliphatic heterocycles. The van der Waals surface area contributed by atoms with E-state index >= 15 is 0 Å². The summed E-state index contributed by atoms with van der Waals surface area (Å²) in [5.74, 6) is -0.183. The summed E-state index contributed by atoms with van der Waals surface area (Å²) >= 11 is 1.38. The van der Waals surface area contributed by atoms with Gasteiger partial charge in [0.1, 0.15) is 17.5 Å². The van der Waals surface area contributed by atoms with Gasteiger partial charge in [0.25, 0.3) is 16.1 Å². The molecule has 6 rings (SSSR count). The quantitative estimate of drug-likeness (QED) is 0.282. The maximum Gasteiger partial charge on any atom is 0.277 e. The molecule has 1 amide bonds. The van der Waals surface area contributed by atoms with Crippen molar-refractivity contribution in [2.45, 2.75) is 31.5 Å². The summed E-state index contributed by atoms with van der Waals surface area (Å²) in [5.41, 5.74) is 3.08. The molecule has 14 heteroatoms. The molecule has 0 saturated carbocycles. The molecule has 0 bridgehead atoms. The van der Waals surface area contributed by atoms with Gasteiger partial charge in [0.05, 0.1) is 24.8 Å². The molecular formula is C27H28FN7O4S2. The largest absolute Gasteiger partial charge is 0.488 e. The van der Waals surface area contributed by atoms with E-state index in [1.807, 2.05) is 29.6 Å². The van der Waals surface area contributed by atoms with Gasteiger partial charge in [-0.05, 0) is 66.9 Å². The van der Waals surface area contributed by atoms with E-state index in [1.165, 1.54) is 27.9 Å². The van der Waals surface area contributed by atoms with Crippen molar-refractivity contribution in [3.8, 4) is 5.75 Å². The minimum absolute atomic E-state index is 0.0732. The number of nitrogens with two attached hydrogens (primary N) is 1. The molecular weight excluding hydrogens is 569 g/mol. The van der Waals surface area contributed by atoms with Crippen LogP contribution in [0.25, 0.3) is 0 Å². The number of carbonyl (C=O) groups is 1. The number of halogens is 1. The van der Waals surface area contributed by atoms with Gasteiger partial charge in [0.2, 0.25) is 5.95 Å². The zero-order chi connectivity index (χ0) is 28.6. The van der Waals surface area contributed by atoms with Gasteiger partial charge in [-0.1, -0.05) is 0 Å². The second-order valence-corrected chi connectivity index (χ2v) is 12.4. The maximum atomic E-state index is 13.5. The Morgan fingerprint density at radius 3 is 2.76 bits per heavy atom. The summed E-state index contributed by atoms with van der Waals surface area (Å²) in [6.07, 6.45) is 4.91. The molecule has 41 heavy (non-hydrogen) atoms. The Balaban J connectivity index is 1.08. The number of aromatic nitrogens is 3. The fourth-order valence-electron chi connectivity index (χ4n) is 5.13. The number of carbonyl (C=O) groups excluding carboxylic acids is 1. The Bertz CT molecular complexity index is 1650. The Kier molecular flexibility index (Phi) is 7.46. The van der Waals surface area contributed by atoms with Crippen LogP contribution >= 0.6 is 11.3 Å². The van der Waals surface area contributed by atoms with Gasteiger partial charge in [-0.3, -0.25) is 10.1 Å². The topological polar surface area (TPSA) is 136 Å². The van der Waals surface area contributed by atoms with Crippen LogP contribution in [0.4, 0.5) is 15.2 Å². The lowest BCUT2D eigenvalue weighted by atomic mass is 10.1. The highest BCUT2D eigenvalue weighted by Crippen LogP contribution is 2.38. The minimum atomic E-state index is -3.67. The molecule has 0 aliphatic carbocycles. The number of nitrogens with one attached hydrogen (secondary N) is 1. The molecule has 2 fully saturated rings. The molecule has 214 valence electrons. The third-order valence-corrected chi connectivity index (χ3v) is 8.98. The SMILES string of the molecule is NS(=O)(=O)N1CC(Oc2ccc(N3CCC[C@@H]3c3csc(NC(=O)c4cccn4Cc4ccnc(F)c4)n3)cc2)C1. The third-order valence-electron chi connectivity index (χ3n) is 7.19. The van der Waals surface area contributed by atoms with Crippen LogP contribution in [0.2, 0.25) is 0 Å². The summed E-state index contributed by atoms with van der Waals surface area (Å²) in [4.78, 5) is 23.7. The van der Waals surface area contributed by atoms with Gasteiger partial charge < -0.3 is 14.2 Å².